The number of anilines is 1. The normalized spacial score (nSPS) is 16.7. The maximum Gasteiger partial charge on any atom is 0.174 e. The van der Waals surface area contributed by atoms with Gasteiger partial charge >= 0.3 is 0 Å². The Kier molecular flexibility index (Phi) is 6.86. The van der Waals surface area contributed by atoms with E-state index in [2.05, 4.69) is 103 Å². The molecule has 6 heteroatoms. The Morgan fingerprint density at radius 1 is 0.725 bits per heavy atom. The zero-order chi connectivity index (χ0) is 27.8. The van der Waals surface area contributed by atoms with E-state index < -0.39 is 0 Å². The van der Waals surface area contributed by atoms with Crippen LogP contribution in [0.15, 0.2) is 103 Å². The second-order valence-corrected chi connectivity index (χ2v) is 10.7. The Morgan fingerprint density at radius 2 is 1.38 bits per heavy atom. The zero-order valence-electron chi connectivity index (χ0n) is 23.1. The molecule has 200 valence electrons. The second kappa shape index (κ2) is 10.6. The predicted octanol–water partition coefficient (Wildman–Crippen LogP) is 8.08. The van der Waals surface area contributed by atoms with Gasteiger partial charge in [0.05, 0.1) is 17.8 Å². The summed E-state index contributed by atoms with van der Waals surface area (Å²) in [5.41, 5.74) is 9.24. The third-order valence-electron chi connectivity index (χ3n) is 7.79. The van der Waals surface area contributed by atoms with Crippen LogP contribution in [0.3, 0.4) is 0 Å². The summed E-state index contributed by atoms with van der Waals surface area (Å²) in [6.07, 6.45) is 1.84. The maximum atomic E-state index is 6.11. The van der Waals surface area contributed by atoms with Crippen molar-refractivity contribution in [2.75, 3.05) is 4.90 Å². The number of nitrogens with zero attached hydrogens (tertiary/aromatic N) is 3. The van der Waals surface area contributed by atoms with Crippen LogP contribution in [0.2, 0.25) is 0 Å². The van der Waals surface area contributed by atoms with E-state index in [0.717, 1.165) is 28.6 Å². The molecular weight excluding hydrogens is 512 g/mol. The first kappa shape index (κ1) is 25.8. The summed E-state index contributed by atoms with van der Waals surface area (Å²) in [4.78, 5) is 6.97. The van der Waals surface area contributed by atoms with E-state index in [1.807, 2.05) is 42.6 Å². The van der Waals surface area contributed by atoms with Gasteiger partial charge in [0.25, 0.3) is 0 Å². The van der Waals surface area contributed by atoms with Gasteiger partial charge in [-0.05, 0) is 106 Å². The largest absolute Gasteiger partial charge is 0.457 e. The number of nitrogens with one attached hydrogen (secondary N) is 1. The third kappa shape index (κ3) is 4.65. The number of hydrogen-bond acceptors (Lipinski definition) is 3. The number of pyridine rings is 1. The van der Waals surface area contributed by atoms with Crippen LogP contribution < -0.4 is 15.0 Å². The molecule has 2 unspecified atom stereocenters. The minimum absolute atomic E-state index is 0.0880. The Hall–Kier alpha value is -4.42. The van der Waals surface area contributed by atoms with Gasteiger partial charge in [-0.25, -0.2) is 0 Å². The molecule has 6 rings (SSSR count). The Labute approximate surface area is 241 Å². The molecule has 1 aliphatic rings. The van der Waals surface area contributed by atoms with Gasteiger partial charge in [-0.1, -0.05) is 42.0 Å². The molecule has 0 aliphatic carbocycles. The van der Waals surface area contributed by atoms with Crippen LogP contribution in [0.5, 0.6) is 11.5 Å². The lowest BCUT2D eigenvalue weighted by Gasteiger charge is -2.29. The van der Waals surface area contributed by atoms with Crippen molar-refractivity contribution in [3.8, 4) is 17.2 Å². The summed E-state index contributed by atoms with van der Waals surface area (Å²) >= 11 is 6.00. The van der Waals surface area contributed by atoms with E-state index in [4.69, 9.17) is 21.9 Å². The minimum atomic E-state index is -0.111. The monoisotopic (exact) mass is 544 g/mol. The van der Waals surface area contributed by atoms with Crippen LogP contribution in [0.4, 0.5) is 5.69 Å². The molecule has 3 heterocycles. The van der Waals surface area contributed by atoms with Crippen LogP contribution in [-0.4, -0.2) is 14.7 Å². The quantitative estimate of drug-likeness (QED) is 0.219. The lowest BCUT2D eigenvalue weighted by Crippen LogP contribution is -2.29. The first-order valence-electron chi connectivity index (χ1n) is 13.5. The number of aromatic nitrogens is 2. The topological polar surface area (TPSA) is 42.3 Å². The highest BCUT2D eigenvalue weighted by Crippen LogP contribution is 2.45. The van der Waals surface area contributed by atoms with Crippen molar-refractivity contribution in [3.63, 3.8) is 0 Å². The molecule has 1 aliphatic heterocycles. The molecule has 0 spiro atoms. The van der Waals surface area contributed by atoms with E-state index in [9.17, 15) is 0 Å². The van der Waals surface area contributed by atoms with E-state index in [-0.39, 0.29) is 12.1 Å². The number of ether oxygens (including phenoxy) is 1. The van der Waals surface area contributed by atoms with Crippen molar-refractivity contribution in [1.29, 1.82) is 0 Å². The summed E-state index contributed by atoms with van der Waals surface area (Å²) in [5, 5.41) is 4.28. The van der Waals surface area contributed by atoms with E-state index in [0.29, 0.717) is 5.11 Å². The van der Waals surface area contributed by atoms with E-state index in [1.165, 1.54) is 28.1 Å². The molecule has 0 amide bonds. The molecule has 3 aromatic carbocycles. The van der Waals surface area contributed by atoms with Crippen LogP contribution in [0.25, 0.3) is 5.69 Å². The first-order chi connectivity index (χ1) is 19.4. The number of para-hydroxylation sites is 1. The molecule has 0 radical (unpaired) electrons. The average Bonchev–Trinajstić information content (AvgIpc) is 3.42. The molecule has 1 N–H and O–H groups in total. The second-order valence-electron chi connectivity index (χ2n) is 10.3. The molecule has 0 saturated carbocycles. The molecule has 0 bridgehead atoms. The van der Waals surface area contributed by atoms with Gasteiger partial charge in [-0.15, -0.1) is 0 Å². The maximum absolute atomic E-state index is 6.11. The van der Waals surface area contributed by atoms with Gasteiger partial charge in [-0.2, -0.15) is 0 Å². The Balaban J connectivity index is 1.43. The minimum Gasteiger partial charge on any atom is -0.457 e. The van der Waals surface area contributed by atoms with Crippen molar-refractivity contribution >= 4 is 23.0 Å². The Morgan fingerprint density at radius 3 is 2.02 bits per heavy atom. The van der Waals surface area contributed by atoms with Crippen molar-refractivity contribution in [1.82, 2.24) is 14.9 Å². The molecular formula is C34H32N4OS. The lowest BCUT2D eigenvalue weighted by atomic mass is 9.93. The molecule has 1 fully saturated rings. The summed E-state index contributed by atoms with van der Waals surface area (Å²) in [7, 11) is 0. The van der Waals surface area contributed by atoms with Gasteiger partial charge in [0.2, 0.25) is 0 Å². The zero-order valence-corrected chi connectivity index (χ0v) is 23.9. The molecule has 40 heavy (non-hydrogen) atoms. The highest BCUT2D eigenvalue weighted by Gasteiger charge is 2.43. The van der Waals surface area contributed by atoms with Crippen molar-refractivity contribution in [3.05, 3.63) is 137 Å². The van der Waals surface area contributed by atoms with Gasteiger partial charge < -0.3 is 19.5 Å². The standard InChI is InChI=1S/C34H32N4OS/c1-22-13-17-28(18-14-22)39-29-19-15-27(16-20-29)38-33(32(36-34(38)40)30-12-8-9-21-35-30)31-23(2)24(3)37(25(31)4)26-10-6-5-7-11-26/h5-21,32-33H,1-4H3,(H,36,40). The third-order valence-corrected chi connectivity index (χ3v) is 8.10. The number of rotatable bonds is 6. The fourth-order valence-corrected chi connectivity index (χ4v) is 6.10. The smallest absolute Gasteiger partial charge is 0.174 e. The van der Waals surface area contributed by atoms with E-state index >= 15 is 0 Å². The fraction of sp³-hybridized carbons (Fsp3) is 0.176. The Bertz CT molecular complexity index is 1650. The van der Waals surface area contributed by atoms with Gasteiger partial charge in [0, 0.05) is 34.5 Å². The van der Waals surface area contributed by atoms with Crippen LogP contribution in [0, 0.1) is 27.7 Å². The highest BCUT2D eigenvalue weighted by atomic mass is 32.1. The summed E-state index contributed by atoms with van der Waals surface area (Å²) < 4.78 is 8.45. The molecule has 2 atom stereocenters. The first-order valence-corrected chi connectivity index (χ1v) is 13.9. The van der Waals surface area contributed by atoms with Crippen LogP contribution in [-0.2, 0) is 0 Å². The molecule has 5 nitrogen and oxygen atoms in total. The summed E-state index contributed by atoms with van der Waals surface area (Å²) in [6, 6.07) is 32.6. The van der Waals surface area contributed by atoms with Crippen LogP contribution >= 0.6 is 12.2 Å². The SMILES string of the molecule is Cc1ccc(Oc2ccc(N3C(=S)NC(c4ccccn4)C3c3c(C)c(C)n(-c4ccccc4)c3C)cc2)cc1. The molecule has 5 aromatic rings. The van der Waals surface area contributed by atoms with Crippen LogP contribution in [0.1, 0.15) is 45.9 Å². The number of thiocarbonyl (C=S) groups is 1. The van der Waals surface area contributed by atoms with Crippen molar-refractivity contribution in [2.24, 2.45) is 0 Å². The highest BCUT2D eigenvalue weighted by molar-refractivity contribution is 7.80. The molecule has 1 saturated heterocycles. The van der Waals surface area contributed by atoms with Crippen molar-refractivity contribution in [2.45, 2.75) is 39.8 Å². The number of hydrogen-bond donors (Lipinski definition) is 1. The molecule has 2 aromatic heterocycles. The van der Waals surface area contributed by atoms with Gasteiger partial charge in [-0.3, -0.25) is 4.98 Å². The summed E-state index contributed by atoms with van der Waals surface area (Å²) in [6.45, 7) is 8.68. The summed E-state index contributed by atoms with van der Waals surface area (Å²) in [5.74, 6) is 1.59. The van der Waals surface area contributed by atoms with Gasteiger partial charge in [0.15, 0.2) is 5.11 Å². The average molecular weight is 545 g/mol. The number of benzene rings is 3. The predicted molar refractivity (Wildman–Crippen MR) is 166 cm³/mol. The van der Waals surface area contributed by atoms with E-state index in [1.54, 1.807) is 0 Å². The lowest BCUT2D eigenvalue weighted by molar-refractivity contribution is 0.482. The van der Waals surface area contributed by atoms with Gasteiger partial charge in [0.1, 0.15) is 11.5 Å². The van der Waals surface area contributed by atoms with Crippen molar-refractivity contribution < 1.29 is 4.74 Å². The number of aryl methyl sites for hydroxylation is 1. The fourth-order valence-electron chi connectivity index (χ4n) is 5.75.